The number of nitrogens with zero attached hydrogens (tertiary/aromatic N) is 3. The molecule has 0 spiro atoms. The Morgan fingerprint density at radius 1 is 1.00 bits per heavy atom. The second-order valence-corrected chi connectivity index (χ2v) is 7.40. The summed E-state index contributed by atoms with van der Waals surface area (Å²) in [5.41, 5.74) is 2.10. The third kappa shape index (κ3) is 4.29. The van der Waals surface area contributed by atoms with Gasteiger partial charge in [-0.15, -0.1) is 0 Å². The molecule has 0 radical (unpaired) electrons. The topological polar surface area (TPSA) is 80.5 Å². The Hall–Kier alpha value is -4.20. The highest BCUT2D eigenvalue weighted by molar-refractivity contribution is 5.89. The first-order chi connectivity index (χ1) is 15.6. The molecule has 0 bridgehead atoms. The van der Waals surface area contributed by atoms with Gasteiger partial charge in [0.1, 0.15) is 17.7 Å². The third-order valence-corrected chi connectivity index (χ3v) is 5.07. The molecular formula is C24H19FN4O3. The summed E-state index contributed by atoms with van der Waals surface area (Å²) in [5, 5.41) is 6.73. The third-order valence-electron chi connectivity index (χ3n) is 5.07. The molecule has 8 heteroatoms. The van der Waals surface area contributed by atoms with Crippen LogP contribution < -0.4 is 10.1 Å². The summed E-state index contributed by atoms with van der Waals surface area (Å²) in [6.45, 7) is 0.905. The van der Waals surface area contributed by atoms with Gasteiger partial charge in [-0.25, -0.2) is 9.18 Å². The van der Waals surface area contributed by atoms with E-state index in [-0.39, 0.29) is 12.1 Å². The van der Waals surface area contributed by atoms with Crippen molar-refractivity contribution in [2.24, 2.45) is 0 Å². The predicted molar refractivity (Wildman–Crippen MR) is 117 cm³/mol. The lowest BCUT2D eigenvalue weighted by Crippen LogP contribution is -2.57. The SMILES string of the molecule is O=C(Nc1cccc(F)c1)N1CC(Oc2ccc(-c3noc(-c4ccccc4)n3)cc2)C1. The molecule has 1 aromatic heterocycles. The molecule has 3 aromatic carbocycles. The van der Waals surface area contributed by atoms with E-state index in [0.29, 0.717) is 36.2 Å². The highest BCUT2D eigenvalue weighted by Gasteiger charge is 2.32. The van der Waals surface area contributed by atoms with E-state index in [2.05, 4.69) is 15.5 Å². The van der Waals surface area contributed by atoms with Gasteiger partial charge in [0.25, 0.3) is 5.89 Å². The number of amides is 2. The highest BCUT2D eigenvalue weighted by Crippen LogP contribution is 2.25. The molecule has 2 heterocycles. The average molecular weight is 430 g/mol. The first-order valence-corrected chi connectivity index (χ1v) is 10.1. The largest absolute Gasteiger partial charge is 0.487 e. The van der Waals surface area contributed by atoms with Crippen LogP contribution >= 0.6 is 0 Å². The van der Waals surface area contributed by atoms with E-state index >= 15 is 0 Å². The number of carbonyl (C=O) groups is 1. The fourth-order valence-electron chi connectivity index (χ4n) is 3.36. The fourth-order valence-corrected chi connectivity index (χ4v) is 3.36. The van der Waals surface area contributed by atoms with Crippen LogP contribution in [0, 0.1) is 5.82 Å². The van der Waals surface area contributed by atoms with E-state index in [4.69, 9.17) is 9.26 Å². The van der Waals surface area contributed by atoms with Crippen molar-refractivity contribution < 1.29 is 18.4 Å². The van der Waals surface area contributed by atoms with Gasteiger partial charge in [-0.05, 0) is 54.6 Å². The first-order valence-electron chi connectivity index (χ1n) is 10.1. The Morgan fingerprint density at radius 2 is 1.78 bits per heavy atom. The summed E-state index contributed by atoms with van der Waals surface area (Å²) >= 11 is 0. The number of anilines is 1. The van der Waals surface area contributed by atoms with Gasteiger partial charge in [0.05, 0.1) is 13.1 Å². The normalized spacial score (nSPS) is 13.5. The van der Waals surface area contributed by atoms with Crippen molar-refractivity contribution in [3.63, 3.8) is 0 Å². The smallest absolute Gasteiger partial charge is 0.322 e. The standard InChI is InChI=1S/C24H19FN4O3/c25-18-7-4-8-19(13-18)26-24(30)29-14-21(15-29)31-20-11-9-16(10-12-20)22-27-23(32-28-22)17-5-2-1-3-6-17/h1-13,21H,14-15H2,(H,26,30). The molecule has 0 unspecified atom stereocenters. The molecule has 5 rings (SSSR count). The molecule has 0 saturated carbocycles. The number of rotatable bonds is 5. The number of benzene rings is 3. The van der Waals surface area contributed by atoms with Crippen LogP contribution in [0.5, 0.6) is 5.75 Å². The quantitative estimate of drug-likeness (QED) is 0.490. The van der Waals surface area contributed by atoms with Crippen molar-refractivity contribution in [3.05, 3.63) is 84.7 Å². The average Bonchev–Trinajstić information content (AvgIpc) is 3.27. The Balaban J connectivity index is 1.14. The van der Waals surface area contributed by atoms with Crippen molar-refractivity contribution in [2.75, 3.05) is 18.4 Å². The number of urea groups is 1. The molecule has 0 aliphatic carbocycles. The molecule has 0 atom stereocenters. The summed E-state index contributed by atoms with van der Waals surface area (Å²) < 4.78 is 24.5. The van der Waals surface area contributed by atoms with E-state index < -0.39 is 5.82 Å². The van der Waals surface area contributed by atoms with E-state index in [1.807, 2.05) is 54.6 Å². The van der Waals surface area contributed by atoms with Crippen LogP contribution in [-0.2, 0) is 0 Å². The molecule has 1 fully saturated rings. The summed E-state index contributed by atoms with van der Waals surface area (Å²) in [7, 11) is 0. The van der Waals surface area contributed by atoms with Gasteiger partial charge in [0.15, 0.2) is 0 Å². The van der Waals surface area contributed by atoms with Crippen LogP contribution in [0.2, 0.25) is 0 Å². The monoisotopic (exact) mass is 430 g/mol. The van der Waals surface area contributed by atoms with Gasteiger partial charge in [0, 0.05) is 16.8 Å². The van der Waals surface area contributed by atoms with Crippen LogP contribution in [0.1, 0.15) is 0 Å². The maximum absolute atomic E-state index is 13.2. The number of nitrogens with one attached hydrogen (secondary N) is 1. The molecule has 160 valence electrons. The molecule has 4 aromatic rings. The van der Waals surface area contributed by atoms with Gasteiger partial charge in [0.2, 0.25) is 5.82 Å². The number of likely N-dealkylation sites (tertiary alicyclic amines) is 1. The summed E-state index contributed by atoms with van der Waals surface area (Å²) in [5.74, 6) is 1.26. The Bertz CT molecular complexity index is 1220. The summed E-state index contributed by atoms with van der Waals surface area (Å²) in [6, 6.07) is 22.5. The zero-order valence-corrected chi connectivity index (χ0v) is 16.9. The predicted octanol–water partition coefficient (Wildman–Crippen LogP) is 4.84. The van der Waals surface area contributed by atoms with Gasteiger partial charge in [-0.1, -0.05) is 29.4 Å². The van der Waals surface area contributed by atoms with E-state index in [0.717, 1.165) is 11.1 Å². The molecule has 2 amide bonds. The van der Waals surface area contributed by atoms with Gasteiger partial charge in [-0.2, -0.15) is 4.98 Å². The number of carbonyl (C=O) groups excluding carboxylic acids is 1. The molecule has 1 N–H and O–H groups in total. The van der Waals surface area contributed by atoms with Gasteiger partial charge >= 0.3 is 6.03 Å². The minimum Gasteiger partial charge on any atom is -0.487 e. The number of halogens is 1. The lowest BCUT2D eigenvalue weighted by Gasteiger charge is -2.38. The second-order valence-electron chi connectivity index (χ2n) is 7.40. The first kappa shape index (κ1) is 19.7. The van der Waals surface area contributed by atoms with E-state index in [1.165, 1.54) is 12.1 Å². The zero-order valence-electron chi connectivity index (χ0n) is 16.9. The van der Waals surface area contributed by atoms with Crippen molar-refractivity contribution in [1.29, 1.82) is 0 Å². The van der Waals surface area contributed by atoms with Crippen molar-refractivity contribution in [1.82, 2.24) is 15.0 Å². The van der Waals surface area contributed by atoms with Gasteiger partial charge in [-0.3, -0.25) is 0 Å². The van der Waals surface area contributed by atoms with Crippen LogP contribution in [0.15, 0.2) is 83.4 Å². The molecule has 1 aliphatic heterocycles. The maximum atomic E-state index is 13.2. The Kier molecular flexibility index (Phi) is 5.25. The fraction of sp³-hybridized carbons (Fsp3) is 0.125. The Labute approximate surface area is 183 Å². The zero-order chi connectivity index (χ0) is 21.9. The highest BCUT2D eigenvalue weighted by atomic mass is 19.1. The molecule has 32 heavy (non-hydrogen) atoms. The molecular weight excluding hydrogens is 411 g/mol. The lowest BCUT2D eigenvalue weighted by atomic mass is 10.1. The van der Waals surface area contributed by atoms with Crippen LogP contribution in [0.3, 0.4) is 0 Å². The van der Waals surface area contributed by atoms with E-state index in [9.17, 15) is 9.18 Å². The minimum atomic E-state index is -0.395. The Morgan fingerprint density at radius 3 is 2.53 bits per heavy atom. The molecule has 7 nitrogen and oxygen atoms in total. The van der Waals surface area contributed by atoms with Crippen LogP contribution in [0.25, 0.3) is 22.8 Å². The second kappa shape index (κ2) is 8.50. The number of ether oxygens (including phenoxy) is 1. The van der Waals surface area contributed by atoms with Crippen molar-refractivity contribution >= 4 is 11.7 Å². The van der Waals surface area contributed by atoms with Gasteiger partial charge < -0.3 is 19.5 Å². The number of aromatic nitrogens is 2. The maximum Gasteiger partial charge on any atom is 0.322 e. The molecule has 1 aliphatic rings. The van der Waals surface area contributed by atoms with Crippen LogP contribution in [-0.4, -0.2) is 40.3 Å². The van der Waals surface area contributed by atoms with Crippen LogP contribution in [0.4, 0.5) is 14.9 Å². The van der Waals surface area contributed by atoms with E-state index in [1.54, 1.807) is 17.0 Å². The number of hydrogen-bond donors (Lipinski definition) is 1. The summed E-state index contributed by atoms with van der Waals surface area (Å²) in [4.78, 5) is 18.3. The van der Waals surface area contributed by atoms with Crippen molar-refractivity contribution in [2.45, 2.75) is 6.10 Å². The lowest BCUT2D eigenvalue weighted by molar-refractivity contribution is 0.0493. The summed E-state index contributed by atoms with van der Waals surface area (Å²) in [6.07, 6.45) is -0.103. The minimum absolute atomic E-state index is 0.103. The number of hydrogen-bond acceptors (Lipinski definition) is 5. The van der Waals surface area contributed by atoms with Crippen molar-refractivity contribution in [3.8, 4) is 28.6 Å². The molecule has 1 saturated heterocycles.